The number of hydrogen-bond acceptors (Lipinski definition) is 2. The first-order chi connectivity index (χ1) is 17.1. The quantitative estimate of drug-likeness (QED) is 0.280. The number of carbonyl (C=O) groups is 1. The predicted molar refractivity (Wildman–Crippen MR) is 145 cm³/mol. The van der Waals surface area contributed by atoms with Gasteiger partial charge < -0.3 is 5.32 Å². The van der Waals surface area contributed by atoms with Crippen molar-refractivity contribution in [1.29, 1.82) is 0 Å². The highest BCUT2D eigenvalue weighted by Crippen LogP contribution is 2.33. The lowest BCUT2D eigenvalue weighted by Crippen LogP contribution is -2.33. The molecule has 0 spiro atoms. The van der Waals surface area contributed by atoms with Crippen molar-refractivity contribution in [3.8, 4) is 11.1 Å². The molecule has 0 aliphatic carbocycles. The van der Waals surface area contributed by atoms with Gasteiger partial charge in [-0.25, -0.2) is 0 Å². The second-order valence-electron chi connectivity index (χ2n) is 8.32. The number of halogens is 1. The lowest BCUT2D eigenvalue weighted by molar-refractivity contribution is 0.0941. The van der Waals surface area contributed by atoms with Gasteiger partial charge in [0.15, 0.2) is 0 Å². The average Bonchev–Trinajstić information content (AvgIpc) is 2.90. The molecular weight excluding hydrogens is 500 g/mol. The van der Waals surface area contributed by atoms with Crippen LogP contribution in [0, 0.1) is 0 Å². The Morgan fingerprint density at radius 3 is 2.00 bits per heavy atom. The summed E-state index contributed by atoms with van der Waals surface area (Å²) >= 11 is 3.55. The topological polar surface area (TPSA) is 51.1 Å². The Balaban J connectivity index is 1.76. The number of fused-ring (bicyclic) bond motifs is 1. The number of pyridine rings is 1. The fraction of sp³-hybridized carbons (Fsp3) is 0.0667. The zero-order valence-electron chi connectivity index (χ0n) is 18.9. The Hall–Kier alpha value is -3.96. The number of carbonyl (C=O) groups excluding carboxylic acids is 1. The van der Waals surface area contributed by atoms with Crippen LogP contribution < -0.4 is 10.9 Å². The minimum atomic E-state index is -0.289. The molecule has 1 aromatic heterocycles. The molecule has 0 unspecified atom stereocenters. The van der Waals surface area contributed by atoms with E-state index in [1.165, 1.54) is 0 Å². The molecule has 0 saturated carbocycles. The molecule has 0 aliphatic heterocycles. The third-order valence-corrected chi connectivity index (χ3v) is 6.48. The predicted octanol–water partition coefficient (Wildman–Crippen LogP) is 6.41. The van der Waals surface area contributed by atoms with Crippen LogP contribution >= 0.6 is 15.9 Å². The van der Waals surface area contributed by atoms with Crippen LogP contribution in [0.3, 0.4) is 0 Å². The summed E-state index contributed by atoms with van der Waals surface area (Å²) in [5.74, 6) is -0.289. The Morgan fingerprint density at radius 1 is 0.743 bits per heavy atom. The van der Waals surface area contributed by atoms with E-state index in [0.717, 1.165) is 32.1 Å². The van der Waals surface area contributed by atoms with Gasteiger partial charge in [-0.2, -0.15) is 0 Å². The van der Waals surface area contributed by atoms with Gasteiger partial charge in [0.1, 0.15) is 5.69 Å². The molecule has 0 fully saturated rings. The molecule has 0 atom stereocenters. The maximum Gasteiger partial charge on any atom is 0.268 e. The summed E-state index contributed by atoms with van der Waals surface area (Å²) in [6, 6.07) is 34.9. The molecule has 5 heteroatoms. The lowest BCUT2D eigenvalue weighted by atomic mass is 9.96. The summed E-state index contributed by atoms with van der Waals surface area (Å²) in [7, 11) is 0. The standard InChI is InChI=1S/C30H23BrN2O2/c31-24-16-17-25-26(18-24)27(23-14-8-3-9-15-23)28(29(34)32-19-21-10-4-1-5-11-21)33(30(25)35)20-22-12-6-2-7-13-22/h1-18H,19-20H2,(H,32,34). The summed E-state index contributed by atoms with van der Waals surface area (Å²) in [5.41, 5.74) is 3.71. The van der Waals surface area contributed by atoms with Crippen molar-refractivity contribution in [1.82, 2.24) is 9.88 Å². The van der Waals surface area contributed by atoms with Gasteiger partial charge >= 0.3 is 0 Å². The van der Waals surface area contributed by atoms with Gasteiger partial charge in [0.2, 0.25) is 0 Å². The van der Waals surface area contributed by atoms with E-state index >= 15 is 0 Å². The van der Waals surface area contributed by atoms with Gasteiger partial charge in [-0.3, -0.25) is 14.2 Å². The first kappa shape index (κ1) is 22.8. The third-order valence-electron chi connectivity index (χ3n) is 5.99. The normalized spacial score (nSPS) is 10.9. The summed E-state index contributed by atoms with van der Waals surface area (Å²) in [4.78, 5) is 27.6. The van der Waals surface area contributed by atoms with Gasteiger partial charge in [-0.05, 0) is 40.3 Å². The van der Waals surface area contributed by atoms with Gasteiger partial charge in [0.05, 0.1) is 6.54 Å². The van der Waals surface area contributed by atoms with Crippen molar-refractivity contribution in [3.05, 3.63) is 141 Å². The third kappa shape index (κ3) is 4.81. The molecular formula is C30H23BrN2O2. The smallest absolute Gasteiger partial charge is 0.268 e. The largest absolute Gasteiger partial charge is 0.347 e. The zero-order valence-corrected chi connectivity index (χ0v) is 20.5. The van der Waals surface area contributed by atoms with Gasteiger partial charge in [-0.15, -0.1) is 0 Å². The van der Waals surface area contributed by atoms with E-state index in [9.17, 15) is 9.59 Å². The molecule has 5 rings (SSSR count). The van der Waals surface area contributed by atoms with Crippen LogP contribution in [0.25, 0.3) is 21.9 Å². The summed E-state index contributed by atoms with van der Waals surface area (Å²) in [6.45, 7) is 0.656. The maximum absolute atomic E-state index is 13.8. The number of aromatic nitrogens is 1. The lowest BCUT2D eigenvalue weighted by Gasteiger charge is -2.20. The van der Waals surface area contributed by atoms with Crippen LogP contribution in [0.4, 0.5) is 0 Å². The van der Waals surface area contributed by atoms with E-state index in [0.29, 0.717) is 24.2 Å². The van der Waals surface area contributed by atoms with Crippen molar-refractivity contribution in [3.63, 3.8) is 0 Å². The molecule has 0 aliphatic rings. The van der Waals surface area contributed by atoms with Crippen LogP contribution in [-0.4, -0.2) is 10.5 Å². The van der Waals surface area contributed by atoms with Crippen molar-refractivity contribution in [2.75, 3.05) is 0 Å². The molecule has 0 saturated heterocycles. The first-order valence-corrected chi connectivity index (χ1v) is 12.2. The fourth-order valence-electron chi connectivity index (χ4n) is 4.33. The highest BCUT2D eigenvalue weighted by atomic mass is 79.9. The van der Waals surface area contributed by atoms with E-state index in [2.05, 4.69) is 21.2 Å². The highest BCUT2D eigenvalue weighted by Gasteiger charge is 2.23. The maximum atomic E-state index is 13.8. The van der Waals surface area contributed by atoms with Crippen LogP contribution in [0.2, 0.25) is 0 Å². The van der Waals surface area contributed by atoms with E-state index in [1.54, 1.807) is 4.57 Å². The minimum Gasteiger partial charge on any atom is -0.347 e. The molecule has 4 nitrogen and oxygen atoms in total. The summed E-state index contributed by atoms with van der Waals surface area (Å²) < 4.78 is 2.45. The SMILES string of the molecule is O=C(NCc1ccccc1)c1c(-c2ccccc2)c2cc(Br)ccc2c(=O)n1Cc1ccccc1. The van der Waals surface area contributed by atoms with Crippen molar-refractivity contribution >= 4 is 32.6 Å². The second-order valence-corrected chi connectivity index (χ2v) is 9.24. The van der Waals surface area contributed by atoms with Crippen LogP contribution in [0.5, 0.6) is 0 Å². The summed E-state index contributed by atoms with van der Waals surface area (Å²) in [5, 5.41) is 4.36. The second kappa shape index (κ2) is 10.1. The van der Waals surface area contributed by atoms with E-state index in [4.69, 9.17) is 0 Å². The number of nitrogens with zero attached hydrogens (tertiary/aromatic N) is 1. The Morgan fingerprint density at radius 2 is 1.34 bits per heavy atom. The number of amides is 1. The number of hydrogen-bond donors (Lipinski definition) is 1. The molecule has 35 heavy (non-hydrogen) atoms. The van der Waals surface area contributed by atoms with Crippen LogP contribution in [0.1, 0.15) is 21.6 Å². The fourth-order valence-corrected chi connectivity index (χ4v) is 4.69. The molecule has 1 N–H and O–H groups in total. The average molecular weight is 523 g/mol. The van der Waals surface area contributed by atoms with Gasteiger partial charge in [0.25, 0.3) is 11.5 Å². The Bertz CT molecular complexity index is 1550. The highest BCUT2D eigenvalue weighted by molar-refractivity contribution is 9.10. The molecule has 0 bridgehead atoms. The molecule has 1 heterocycles. The first-order valence-electron chi connectivity index (χ1n) is 11.4. The van der Waals surface area contributed by atoms with E-state index < -0.39 is 0 Å². The minimum absolute atomic E-state index is 0.194. The molecule has 4 aromatic carbocycles. The summed E-state index contributed by atoms with van der Waals surface area (Å²) in [6.07, 6.45) is 0. The molecule has 5 aromatic rings. The molecule has 0 radical (unpaired) electrons. The van der Waals surface area contributed by atoms with Crippen molar-refractivity contribution < 1.29 is 4.79 Å². The van der Waals surface area contributed by atoms with Gasteiger partial charge in [0, 0.05) is 22.0 Å². The Kier molecular flexibility index (Phi) is 6.59. The molecule has 172 valence electrons. The number of benzene rings is 4. The number of nitrogens with one attached hydrogen (secondary N) is 1. The number of rotatable bonds is 6. The van der Waals surface area contributed by atoms with Crippen LogP contribution in [-0.2, 0) is 13.1 Å². The van der Waals surface area contributed by atoms with Crippen LogP contribution in [0.15, 0.2) is 118 Å². The zero-order chi connectivity index (χ0) is 24.2. The van der Waals surface area contributed by atoms with Gasteiger partial charge in [-0.1, -0.05) is 107 Å². The van der Waals surface area contributed by atoms with Crippen molar-refractivity contribution in [2.24, 2.45) is 0 Å². The van der Waals surface area contributed by atoms with E-state index in [-0.39, 0.29) is 11.5 Å². The Labute approximate surface area is 212 Å². The van der Waals surface area contributed by atoms with E-state index in [1.807, 2.05) is 109 Å². The van der Waals surface area contributed by atoms with Crippen molar-refractivity contribution in [2.45, 2.75) is 13.1 Å². The monoisotopic (exact) mass is 522 g/mol. The molecule has 1 amide bonds.